The zero-order chi connectivity index (χ0) is 31.4. The number of rotatable bonds is 10. The lowest BCUT2D eigenvalue weighted by atomic mass is 9.46. The monoisotopic (exact) mass is 596 g/mol. The molecule has 1 aromatic rings. The molecule has 10 atom stereocenters. The average molecular weight is 597 g/mol. The molecule has 238 valence electrons. The molecule has 4 aliphatic rings. The smallest absolute Gasteiger partial charge is 0.159 e. The maximum Gasteiger partial charge on any atom is 0.159 e. The molecule has 3 fully saturated rings. The quantitative estimate of drug-likeness (QED) is 0.232. The molecule has 0 amide bonds. The van der Waals surface area contributed by atoms with Crippen LogP contribution in [0.4, 0.5) is 0 Å². The van der Waals surface area contributed by atoms with E-state index in [0.717, 1.165) is 49.7 Å². The van der Waals surface area contributed by atoms with Gasteiger partial charge in [-0.15, -0.1) is 0 Å². The molecule has 4 aliphatic carbocycles. The van der Waals surface area contributed by atoms with Gasteiger partial charge in [0.1, 0.15) is 6.29 Å². The fourth-order valence-corrected chi connectivity index (χ4v) is 9.75. The Kier molecular flexibility index (Phi) is 8.75. The first-order chi connectivity index (χ1) is 20.2. The number of imidazole rings is 1. The summed E-state index contributed by atoms with van der Waals surface area (Å²) in [4.78, 5) is 28.9. The third kappa shape index (κ3) is 5.40. The molecule has 0 bridgehead atoms. The molecule has 3 saturated carbocycles. The number of hydrogen-bond donors (Lipinski definition) is 4. The Balaban J connectivity index is 1.36. The molecule has 0 aliphatic heterocycles. The molecule has 4 N–H and O–H groups in total. The highest BCUT2D eigenvalue weighted by atomic mass is 16.3. The highest BCUT2D eigenvalue weighted by Crippen LogP contribution is 2.68. The Labute approximate surface area is 256 Å². The van der Waals surface area contributed by atoms with Crippen LogP contribution in [0.15, 0.2) is 42.0 Å². The van der Waals surface area contributed by atoms with Gasteiger partial charge in [-0.1, -0.05) is 46.3 Å². The molecule has 0 spiro atoms. The van der Waals surface area contributed by atoms with Crippen molar-refractivity contribution in [3.8, 4) is 0 Å². The minimum Gasteiger partial charge on any atom is -0.393 e. The second kappa shape index (κ2) is 11.7. The van der Waals surface area contributed by atoms with E-state index in [2.05, 4.69) is 39.6 Å². The number of carbonyl (C=O) groups excluding carboxylic acids is 2. The van der Waals surface area contributed by atoms with Crippen LogP contribution in [0, 0.1) is 39.9 Å². The number of allylic oxidation sites excluding steroid dienone is 2. The van der Waals surface area contributed by atoms with Crippen LogP contribution in [-0.4, -0.2) is 66.0 Å². The Morgan fingerprint density at radius 1 is 1.19 bits per heavy atom. The minimum absolute atomic E-state index is 0.0245. The third-order valence-electron chi connectivity index (χ3n) is 12.7. The van der Waals surface area contributed by atoms with E-state index >= 15 is 0 Å². The van der Waals surface area contributed by atoms with E-state index in [1.807, 2.05) is 16.8 Å². The standard InChI is InChI=1S/C35H52N2O6/c1-22(28(39)17-23(7-6-16-38)32(2,3)12-14-37-15-13-36-21-37)24-9-11-35(43)26-18-29(40)27-19-30(41)31(42)20-33(27,4)25(26)8-10-34(24,35)5/h7,13,15-16,18,21-22,24-25,27-28,30-31,39,41-43H,6,8-12,14,17,19-20H2,1-5H3/b23-7-/t22-,24+,25-,27-,28+,30+,31-,33+,34+,35+/m0/s1. The van der Waals surface area contributed by atoms with Crippen LogP contribution in [0.5, 0.6) is 0 Å². The lowest BCUT2D eigenvalue weighted by Crippen LogP contribution is -2.61. The van der Waals surface area contributed by atoms with E-state index in [0.29, 0.717) is 25.7 Å². The van der Waals surface area contributed by atoms with Crippen LogP contribution in [-0.2, 0) is 16.1 Å². The van der Waals surface area contributed by atoms with Crippen molar-refractivity contribution in [3.63, 3.8) is 0 Å². The fourth-order valence-electron chi connectivity index (χ4n) is 9.75. The number of fused-ring (bicyclic) bond motifs is 5. The number of nitrogens with zero attached hydrogens (tertiary/aromatic N) is 2. The molecular formula is C35H52N2O6. The van der Waals surface area contributed by atoms with Gasteiger partial charge < -0.3 is 29.8 Å². The maximum absolute atomic E-state index is 13.5. The predicted octanol–water partition coefficient (Wildman–Crippen LogP) is 4.41. The highest BCUT2D eigenvalue weighted by molar-refractivity contribution is 5.95. The molecule has 1 aromatic heterocycles. The fraction of sp³-hybridized carbons (Fsp3) is 0.743. The van der Waals surface area contributed by atoms with E-state index in [4.69, 9.17) is 0 Å². The second-order valence-corrected chi connectivity index (χ2v) is 15.3. The number of aliphatic hydroxyl groups is 4. The Hall–Kier alpha value is -2.13. The highest BCUT2D eigenvalue weighted by Gasteiger charge is 2.67. The number of aromatic nitrogens is 2. The van der Waals surface area contributed by atoms with Gasteiger partial charge in [-0.05, 0) is 91.6 Å². The number of aryl methyl sites for hydroxylation is 1. The number of hydrogen-bond acceptors (Lipinski definition) is 7. The molecule has 0 aromatic carbocycles. The summed E-state index contributed by atoms with van der Waals surface area (Å²) in [6.45, 7) is 11.4. The summed E-state index contributed by atoms with van der Waals surface area (Å²) >= 11 is 0. The number of aliphatic hydroxyl groups excluding tert-OH is 3. The SMILES string of the molecule is C[C@H]([C@H](O)C/C(=C/CC=O)C(C)(C)CCn1ccnc1)[C@H]1CC[C@@]2(O)C3=CC(=O)[C@@H]4C[C@@H](O)[C@@H](O)C[C@]4(C)[C@H]3CC[C@]12C. The van der Waals surface area contributed by atoms with E-state index in [1.165, 1.54) is 0 Å². The van der Waals surface area contributed by atoms with Crippen molar-refractivity contribution in [2.24, 2.45) is 39.9 Å². The van der Waals surface area contributed by atoms with Gasteiger partial charge in [-0.25, -0.2) is 4.98 Å². The molecule has 0 radical (unpaired) electrons. The zero-order valence-electron chi connectivity index (χ0n) is 26.6. The van der Waals surface area contributed by atoms with Gasteiger partial charge in [-0.2, -0.15) is 0 Å². The number of ketones is 1. The molecule has 0 unspecified atom stereocenters. The van der Waals surface area contributed by atoms with Gasteiger partial charge in [-0.3, -0.25) is 4.79 Å². The van der Waals surface area contributed by atoms with Crippen molar-refractivity contribution in [1.82, 2.24) is 9.55 Å². The van der Waals surface area contributed by atoms with E-state index in [1.54, 1.807) is 18.6 Å². The van der Waals surface area contributed by atoms with Gasteiger partial charge >= 0.3 is 0 Å². The molecule has 0 saturated heterocycles. The van der Waals surface area contributed by atoms with Crippen LogP contribution in [0.2, 0.25) is 0 Å². The first kappa shape index (κ1) is 32.3. The minimum atomic E-state index is -1.15. The second-order valence-electron chi connectivity index (χ2n) is 15.3. The summed E-state index contributed by atoms with van der Waals surface area (Å²) in [6, 6.07) is 0. The maximum atomic E-state index is 13.5. The van der Waals surface area contributed by atoms with Crippen molar-refractivity contribution in [2.45, 2.75) is 123 Å². The van der Waals surface area contributed by atoms with E-state index < -0.39 is 34.7 Å². The number of aldehydes is 1. The first-order valence-corrected chi connectivity index (χ1v) is 16.3. The summed E-state index contributed by atoms with van der Waals surface area (Å²) in [5.41, 5.74) is -0.511. The van der Waals surface area contributed by atoms with Gasteiger partial charge in [0.05, 0.1) is 30.2 Å². The van der Waals surface area contributed by atoms with Crippen LogP contribution >= 0.6 is 0 Å². The third-order valence-corrected chi connectivity index (χ3v) is 12.7. The van der Waals surface area contributed by atoms with Gasteiger partial charge in [0.15, 0.2) is 5.78 Å². The lowest BCUT2D eigenvalue weighted by Gasteiger charge is -2.60. The first-order valence-electron chi connectivity index (χ1n) is 16.3. The van der Waals surface area contributed by atoms with Crippen molar-refractivity contribution in [1.29, 1.82) is 0 Å². The van der Waals surface area contributed by atoms with Crippen LogP contribution in [0.25, 0.3) is 0 Å². The Bertz CT molecular complexity index is 1250. The van der Waals surface area contributed by atoms with Gasteiger partial charge in [0.25, 0.3) is 0 Å². The summed E-state index contributed by atoms with van der Waals surface area (Å²) < 4.78 is 2.04. The number of carbonyl (C=O) groups is 2. The summed E-state index contributed by atoms with van der Waals surface area (Å²) in [6.07, 6.45) is 12.7. The largest absolute Gasteiger partial charge is 0.393 e. The molecule has 1 heterocycles. The van der Waals surface area contributed by atoms with E-state index in [-0.39, 0.29) is 41.3 Å². The summed E-state index contributed by atoms with van der Waals surface area (Å²) in [7, 11) is 0. The predicted molar refractivity (Wildman–Crippen MR) is 164 cm³/mol. The van der Waals surface area contributed by atoms with E-state index in [9.17, 15) is 30.0 Å². The molecule has 8 heteroatoms. The van der Waals surface area contributed by atoms with Crippen LogP contribution in [0.3, 0.4) is 0 Å². The Morgan fingerprint density at radius 3 is 2.60 bits per heavy atom. The average Bonchev–Trinajstić information content (AvgIpc) is 3.57. The van der Waals surface area contributed by atoms with Crippen molar-refractivity contribution < 1.29 is 30.0 Å². The lowest BCUT2D eigenvalue weighted by molar-refractivity contribution is -0.154. The molecule has 43 heavy (non-hydrogen) atoms. The van der Waals surface area contributed by atoms with Crippen molar-refractivity contribution in [3.05, 3.63) is 42.0 Å². The van der Waals surface area contributed by atoms with Crippen molar-refractivity contribution in [2.75, 3.05) is 0 Å². The summed E-state index contributed by atoms with van der Waals surface area (Å²) in [5, 5.41) is 45.2. The normalized spacial score (nSPS) is 39.4. The zero-order valence-corrected chi connectivity index (χ0v) is 26.6. The van der Waals surface area contributed by atoms with Crippen molar-refractivity contribution >= 4 is 12.1 Å². The Morgan fingerprint density at radius 2 is 1.93 bits per heavy atom. The van der Waals surface area contributed by atoms with Gasteiger partial charge in [0, 0.05) is 36.7 Å². The van der Waals surface area contributed by atoms with Crippen LogP contribution < -0.4 is 0 Å². The molecule has 5 rings (SSSR count). The van der Waals surface area contributed by atoms with Gasteiger partial charge in [0.2, 0.25) is 0 Å². The summed E-state index contributed by atoms with van der Waals surface area (Å²) in [5.74, 6) is -0.468. The molecule has 8 nitrogen and oxygen atoms in total. The molecular weight excluding hydrogens is 544 g/mol. The topological polar surface area (TPSA) is 133 Å². The van der Waals surface area contributed by atoms with Crippen LogP contribution in [0.1, 0.15) is 92.4 Å².